The number of aliphatic hydroxyl groups excluding tert-OH is 1. The Morgan fingerprint density at radius 2 is 1.86 bits per heavy atom. The van der Waals surface area contributed by atoms with Crippen molar-refractivity contribution in [2.75, 3.05) is 45.9 Å². The van der Waals surface area contributed by atoms with Crippen LogP contribution in [0.3, 0.4) is 0 Å². The van der Waals surface area contributed by atoms with Crippen molar-refractivity contribution in [1.29, 1.82) is 0 Å². The molecular formula is C23H34N2O4. The number of benzene rings is 1. The van der Waals surface area contributed by atoms with Gasteiger partial charge in [-0.15, -0.1) is 0 Å². The smallest absolute Gasteiger partial charge is 0.260 e. The summed E-state index contributed by atoms with van der Waals surface area (Å²) in [7, 11) is 0. The van der Waals surface area contributed by atoms with Gasteiger partial charge in [-0.25, -0.2) is 0 Å². The molecule has 3 aliphatic heterocycles. The van der Waals surface area contributed by atoms with Crippen molar-refractivity contribution in [3.63, 3.8) is 0 Å². The van der Waals surface area contributed by atoms with E-state index in [4.69, 9.17) is 9.47 Å². The van der Waals surface area contributed by atoms with Crippen LogP contribution in [0.5, 0.6) is 5.75 Å². The molecule has 0 saturated carbocycles. The molecule has 29 heavy (non-hydrogen) atoms. The Kier molecular flexibility index (Phi) is 6.42. The molecule has 1 aromatic rings. The molecule has 6 nitrogen and oxygen atoms in total. The summed E-state index contributed by atoms with van der Waals surface area (Å²) in [4.78, 5) is 16.9. The Morgan fingerprint density at radius 3 is 2.55 bits per heavy atom. The van der Waals surface area contributed by atoms with E-state index in [0.717, 1.165) is 77.2 Å². The molecule has 1 amide bonds. The van der Waals surface area contributed by atoms with E-state index in [1.54, 1.807) is 0 Å². The zero-order valence-corrected chi connectivity index (χ0v) is 17.5. The number of amides is 1. The minimum atomic E-state index is -0.126. The average Bonchev–Trinajstić information content (AvgIpc) is 3.11. The summed E-state index contributed by atoms with van der Waals surface area (Å²) in [5.41, 5.74) is 1.41. The van der Waals surface area contributed by atoms with Crippen LogP contribution in [0.2, 0.25) is 0 Å². The van der Waals surface area contributed by atoms with E-state index >= 15 is 0 Å². The van der Waals surface area contributed by atoms with Gasteiger partial charge in [0, 0.05) is 32.7 Å². The molecule has 1 spiro atoms. The van der Waals surface area contributed by atoms with E-state index in [9.17, 15) is 9.90 Å². The maximum atomic E-state index is 12.5. The highest BCUT2D eigenvalue weighted by Gasteiger charge is 2.43. The summed E-state index contributed by atoms with van der Waals surface area (Å²) in [6.45, 7) is 7.46. The highest BCUT2D eigenvalue weighted by Crippen LogP contribution is 2.42. The lowest BCUT2D eigenvalue weighted by molar-refractivity contribution is -0.135. The van der Waals surface area contributed by atoms with Crippen LogP contribution >= 0.6 is 0 Å². The van der Waals surface area contributed by atoms with Gasteiger partial charge < -0.3 is 24.4 Å². The average molecular weight is 403 g/mol. The molecule has 0 radical (unpaired) electrons. The molecule has 1 N–H and O–H groups in total. The predicted molar refractivity (Wildman–Crippen MR) is 111 cm³/mol. The first-order valence-corrected chi connectivity index (χ1v) is 11.0. The van der Waals surface area contributed by atoms with E-state index in [1.807, 2.05) is 36.1 Å². The summed E-state index contributed by atoms with van der Waals surface area (Å²) >= 11 is 0. The Morgan fingerprint density at radius 1 is 1.17 bits per heavy atom. The maximum absolute atomic E-state index is 12.5. The van der Waals surface area contributed by atoms with Crippen molar-refractivity contribution < 1.29 is 19.4 Å². The fourth-order valence-electron chi connectivity index (χ4n) is 4.85. The first kappa shape index (κ1) is 20.6. The minimum Gasteiger partial charge on any atom is -0.484 e. The van der Waals surface area contributed by atoms with Crippen molar-refractivity contribution >= 4 is 5.91 Å². The van der Waals surface area contributed by atoms with Gasteiger partial charge in [-0.1, -0.05) is 17.7 Å². The lowest BCUT2D eigenvalue weighted by Gasteiger charge is -2.38. The topological polar surface area (TPSA) is 62.2 Å². The highest BCUT2D eigenvalue weighted by atomic mass is 16.5. The number of carbonyl (C=O) groups is 1. The third kappa shape index (κ3) is 5.30. The molecule has 6 heteroatoms. The number of ether oxygens (including phenoxy) is 2. The lowest BCUT2D eigenvalue weighted by atomic mass is 9.76. The summed E-state index contributed by atoms with van der Waals surface area (Å²) in [6.07, 6.45) is 5.03. The fraction of sp³-hybridized carbons (Fsp3) is 0.696. The number of rotatable bonds is 5. The van der Waals surface area contributed by atoms with Gasteiger partial charge in [0.25, 0.3) is 5.91 Å². The van der Waals surface area contributed by atoms with E-state index in [2.05, 4.69) is 4.90 Å². The van der Waals surface area contributed by atoms with Crippen LogP contribution < -0.4 is 4.74 Å². The second-order valence-corrected chi connectivity index (χ2v) is 9.15. The Hall–Kier alpha value is -1.63. The Labute approximate surface area is 173 Å². The number of piperidine rings is 2. The number of hydrogen-bond acceptors (Lipinski definition) is 5. The summed E-state index contributed by atoms with van der Waals surface area (Å²) < 4.78 is 11.8. The standard InChI is InChI=1S/C23H34N2O4/c1-18-2-4-20(5-3-18)28-16-22(27)25-12-8-23(9-13-25)14-21(29-17-23)15-24-10-6-19(26)7-11-24/h2-5,19,21,26H,6-17H2,1H3. The molecule has 1 unspecified atom stereocenters. The van der Waals surface area contributed by atoms with E-state index in [-0.39, 0.29) is 30.1 Å². The second kappa shape index (κ2) is 9.02. The molecular weight excluding hydrogens is 368 g/mol. The summed E-state index contributed by atoms with van der Waals surface area (Å²) in [5, 5.41) is 9.67. The molecule has 4 rings (SSSR count). The molecule has 3 heterocycles. The van der Waals surface area contributed by atoms with Crippen molar-refractivity contribution in [2.24, 2.45) is 5.41 Å². The van der Waals surface area contributed by atoms with Gasteiger partial charge in [-0.2, -0.15) is 0 Å². The molecule has 1 atom stereocenters. The van der Waals surface area contributed by atoms with E-state index in [1.165, 1.54) is 5.56 Å². The summed E-state index contributed by atoms with van der Waals surface area (Å²) in [5.74, 6) is 0.817. The van der Waals surface area contributed by atoms with Gasteiger partial charge >= 0.3 is 0 Å². The lowest BCUT2D eigenvalue weighted by Crippen LogP contribution is -2.45. The minimum absolute atomic E-state index is 0.0720. The third-order valence-corrected chi connectivity index (χ3v) is 6.86. The number of carbonyl (C=O) groups excluding carboxylic acids is 1. The third-order valence-electron chi connectivity index (χ3n) is 6.86. The Balaban J connectivity index is 1.19. The molecule has 0 aliphatic carbocycles. The van der Waals surface area contributed by atoms with E-state index in [0.29, 0.717) is 0 Å². The van der Waals surface area contributed by atoms with Crippen LogP contribution in [-0.4, -0.2) is 79.0 Å². The first-order chi connectivity index (χ1) is 14.0. The van der Waals surface area contributed by atoms with Crippen LogP contribution in [0.1, 0.15) is 37.7 Å². The molecule has 0 bridgehead atoms. The fourth-order valence-corrected chi connectivity index (χ4v) is 4.85. The van der Waals surface area contributed by atoms with Gasteiger partial charge in [0.2, 0.25) is 0 Å². The number of nitrogens with zero attached hydrogens (tertiary/aromatic N) is 2. The van der Waals surface area contributed by atoms with Crippen LogP contribution in [0, 0.1) is 12.3 Å². The van der Waals surface area contributed by atoms with Crippen molar-refractivity contribution in [3.05, 3.63) is 29.8 Å². The zero-order valence-electron chi connectivity index (χ0n) is 17.5. The maximum Gasteiger partial charge on any atom is 0.260 e. The predicted octanol–water partition coefficient (Wildman–Crippen LogP) is 2.23. The molecule has 0 aromatic heterocycles. The van der Waals surface area contributed by atoms with Gasteiger partial charge in [0.1, 0.15) is 5.75 Å². The van der Waals surface area contributed by atoms with Crippen molar-refractivity contribution in [3.8, 4) is 5.75 Å². The molecule has 1 aromatic carbocycles. The second-order valence-electron chi connectivity index (χ2n) is 9.15. The largest absolute Gasteiger partial charge is 0.484 e. The number of hydrogen-bond donors (Lipinski definition) is 1. The molecule has 3 saturated heterocycles. The van der Waals surface area contributed by atoms with Crippen molar-refractivity contribution in [2.45, 2.75) is 51.2 Å². The first-order valence-electron chi connectivity index (χ1n) is 11.0. The monoisotopic (exact) mass is 402 g/mol. The van der Waals surface area contributed by atoms with Crippen LogP contribution in [0.4, 0.5) is 0 Å². The number of aryl methyl sites for hydroxylation is 1. The Bertz CT molecular complexity index is 677. The normalized spacial score (nSPS) is 25.4. The van der Waals surface area contributed by atoms with Crippen LogP contribution in [0.25, 0.3) is 0 Å². The van der Waals surface area contributed by atoms with E-state index < -0.39 is 0 Å². The summed E-state index contributed by atoms with van der Waals surface area (Å²) in [6, 6.07) is 7.81. The zero-order chi connectivity index (χ0) is 20.3. The van der Waals surface area contributed by atoms with Gasteiger partial charge in [0.05, 0.1) is 18.8 Å². The van der Waals surface area contributed by atoms with Gasteiger partial charge in [-0.3, -0.25) is 4.79 Å². The number of aliphatic hydroxyl groups is 1. The molecule has 3 fully saturated rings. The number of likely N-dealkylation sites (tertiary alicyclic amines) is 2. The van der Waals surface area contributed by atoms with Crippen LogP contribution in [-0.2, 0) is 9.53 Å². The van der Waals surface area contributed by atoms with Gasteiger partial charge in [0.15, 0.2) is 6.61 Å². The SMILES string of the molecule is Cc1ccc(OCC(=O)N2CCC3(CC2)COC(CN2CCC(O)CC2)C3)cc1. The van der Waals surface area contributed by atoms with Crippen molar-refractivity contribution in [1.82, 2.24) is 9.80 Å². The quantitative estimate of drug-likeness (QED) is 0.818. The van der Waals surface area contributed by atoms with Gasteiger partial charge in [-0.05, 0) is 56.6 Å². The molecule has 160 valence electrons. The van der Waals surface area contributed by atoms with Crippen LogP contribution in [0.15, 0.2) is 24.3 Å². The molecule has 3 aliphatic rings. The highest BCUT2D eigenvalue weighted by molar-refractivity contribution is 5.77.